The van der Waals surface area contributed by atoms with Gasteiger partial charge in [0.15, 0.2) is 6.29 Å². The van der Waals surface area contributed by atoms with Crippen LogP contribution in [0.2, 0.25) is 25.2 Å². The fraction of sp³-hybridized carbons (Fsp3) is 0.800. The molecule has 3 heteroatoms. The summed E-state index contributed by atoms with van der Waals surface area (Å²) in [6.07, 6.45) is 3.19. The Hall–Kier alpha value is -0.123. The molecule has 0 radical (unpaired) electrons. The number of hydrogen-bond donors (Lipinski definition) is 0. The molecule has 1 saturated heterocycles. The third kappa shape index (κ3) is 4.07. The average Bonchev–Trinajstić information content (AvgIpc) is 2.52. The van der Waals surface area contributed by atoms with Crippen LogP contribution < -0.4 is 0 Å². The van der Waals surface area contributed by atoms with Crippen LogP contribution in [-0.4, -0.2) is 27.6 Å². The fourth-order valence-electron chi connectivity index (χ4n) is 1.58. The van der Waals surface area contributed by atoms with E-state index in [1.807, 2.05) is 6.08 Å². The lowest BCUT2D eigenvalue weighted by molar-refractivity contribution is -0.0432. The highest BCUT2D eigenvalue weighted by Gasteiger charge is 2.23. The van der Waals surface area contributed by atoms with Gasteiger partial charge >= 0.3 is 0 Å². The van der Waals surface area contributed by atoms with Crippen molar-refractivity contribution < 1.29 is 9.47 Å². The van der Waals surface area contributed by atoms with Gasteiger partial charge in [-0.25, -0.2) is 0 Å². The van der Waals surface area contributed by atoms with Gasteiger partial charge in [0, 0.05) is 0 Å². The second-order valence-electron chi connectivity index (χ2n) is 4.37. The van der Waals surface area contributed by atoms with Crippen LogP contribution in [0.1, 0.15) is 6.42 Å². The topological polar surface area (TPSA) is 18.5 Å². The largest absolute Gasteiger partial charge is 0.350 e. The summed E-state index contributed by atoms with van der Waals surface area (Å²) in [7, 11) is -1.05. The Bertz CT molecular complexity index is 162. The monoisotopic (exact) mass is 200 g/mol. The van der Waals surface area contributed by atoms with Gasteiger partial charge < -0.3 is 9.47 Å². The molecule has 0 saturated carbocycles. The van der Waals surface area contributed by atoms with Crippen molar-refractivity contribution in [2.75, 3.05) is 13.2 Å². The molecule has 0 amide bonds. The lowest BCUT2D eigenvalue weighted by Crippen LogP contribution is -2.26. The second kappa shape index (κ2) is 4.93. The van der Waals surface area contributed by atoms with E-state index in [4.69, 9.17) is 9.47 Å². The number of hydrogen-bond acceptors (Lipinski definition) is 2. The molecule has 2 nitrogen and oxygen atoms in total. The average molecular weight is 200 g/mol. The Balaban J connectivity index is 2.19. The predicted octanol–water partition coefficient (Wildman–Crippen LogP) is 2.64. The molecule has 1 rings (SSSR count). The quantitative estimate of drug-likeness (QED) is 0.502. The first kappa shape index (κ1) is 11.0. The third-order valence-corrected chi connectivity index (χ3v) is 5.48. The summed E-state index contributed by atoms with van der Waals surface area (Å²) in [5.74, 6) is 0. The zero-order valence-corrected chi connectivity index (χ0v) is 9.71. The summed E-state index contributed by atoms with van der Waals surface area (Å²) in [6.45, 7) is 10.1. The molecule has 0 bridgehead atoms. The van der Waals surface area contributed by atoms with E-state index in [1.54, 1.807) is 0 Å². The molecule has 0 atom stereocenters. The molecule has 13 heavy (non-hydrogen) atoms. The van der Waals surface area contributed by atoms with E-state index in [9.17, 15) is 0 Å². The fourth-order valence-corrected chi connectivity index (χ4v) is 3.58. The zero-order valence-electron chi connectivity index (χ0n) is 8.71. The van der Waals surface area contributed by atoms with Gasteiger partial charge in [0.1, 0.15) is 0 Å². The summed E-state index contributed by atoms with van der Waals surface area (Å²) in [5.41, 5.74) is 0. The van der Waals surface area contributed by atoms with E-state index < -0.39 is 8.07 Å². The molecular formula is C10H20O2Si. The SMILES string of the molecule is C=CC[Si](C)(C)CCC1OCCO1. The molecule has 0 unspecified atom stereocenters. The molecule has 1 aliphatic rings. The Labute approximate surface area is 81.9 Å². The molecule has 0 aromatic carbocycles. The van der Waals surface area contributed by atoms with Crippen LogP contribution >= 0.6 is 0 Å². The first-order valence-corrected chi connectivity index (χ1v) is 8.39. The van der Waals surface area contributed by atoms with Crippen LogP contribution in [0.15, 0.2) is 12.7 Å². The van der Waals surface area contributed by atoms with Gasteiger partial charge in [0.05, 0.1) is 21.3 Å². The van der Waals surface area contributed by atoms with Crippen LogP contribution in [0, 0.1) is 0 Å². The molecule has 0 aromatic heterocycles. The van der Waals surface area contributed by atoms with Crippen molar-refractivity contribution in [2.24, 2.45) is 0 Å². The van der Waals surface area contributed by atoms with Crippen LogP contribution in [0.4, 0.5) is 0 Å². The molecule has 0 aromatic rings. The lowest BCUT2D eigenvalue weighted by Gasteiger charge is -2.21. The molecule has 0 spiro atoms. The standard InChI is InChI=1S/C10H20O2Si/c1-4-8-13(2,3)9-5-10-11-6-7-12-10/h4,10H,1,5-9H2,2-3H3. The van der Waals surface area contributed by atoms with Crippen molar-refractivity contribution in [2.45, 2.75) is 37.9 Å². The van der Waals surface area contributed by atoms with Crippen molar-refractivity contribution in [1.29, 1.82) is 0 Å². The summed E-state index contributed by atoms with van der Waals surface area (Å²) in [4.78, 5) is 0. The van der Waals surface area contributed by atoms with Gasteiger partial charge in [0.25, 0.3) is 0 Å². The first-order chi connectivity index (χ1) is 6.14. The summed E-state index contributed by atoms with van der Waals surface area (Å²) < 4.78 is 10.8. The van der Waals surface area contributed by atoms with E-state index in [2.05, 4.69) is 19.7 Å². The highest BCUT2D eigenvalue weighted by molar-refractivity contribution is 6.77. The first-order valence-electron chi connectivity index (χ1n) is 4.98. The summed E-state index contributed by atoms with van der Waals surface area (Å²) in [6, 6.07) is 2.46. The second-order valence-corrected chi connectivity index (χ2v) is 9.60. The maximum absolute atomic E-state index is 5.40. The summed E-state index contributed by atoms with van der Waals surface area (Å²) in [5, 5.41) is 0. The highest BCUT2D eigenvalue weighted by Crippen LogP contribution is 2.21. The minimum Gasteiger partial charge on any atom is -0.350 e. The minimum atomic E-state index is -1.05. The minimum absolute atomic E-state index is 0.0802. The van der Waals surface area contributed by atoms with Crippen LogP contribution in [0.5, 0.6) is 0 Å². The number of rotatable bonds is 5. The molecule has 0 N–H and O–H groups in total. The van der Waals surface area contributed by atoms with E-state index in [-0.39, 0.29) is 6.29 Å². The Kier molecular flexibility index (Phi) is 4.16. The van der Waals surface area contributed by atoms with Gasteiger partial charge in [-0.2, -0.15) is 0 Å². The smallest absolute Gasteiger partial charge is 0.157 e. The van der Waals surface area contributed by atoms with Crippen LogP contribution in [0.3, 0.4) is 0 Å². The zero-order chi connectivity index (χ0) is 9.73. The van der Waals surface area contributed by atoms with E-state index in [1.165, 1.54) is 12.1 Å². The highest BCUT2D eigenvalue weighted by atomic mass is 28.3. The van der Waals surface area contributed by atoms with Crippen molar-refractivity contribution >= 4 is 8.07 Å². The normalized spacial score (nSPS) is 19.2. The molecular weight excluding hydrogens is 180 g/mol. The van der Waals surface area contributed by atoms with Crippen molar-refractivity contribution in [3.63, 3.8) is 0 Å². The molecule has 1 heterocycles. The van der Waals surface area contributed by atoms with E-state index in [0.717, 1.165) is 19.6 Å². The van der Waals surface area contributed by atoms with E-state index in [0.29, 0.717) is 0 Å². The number of ether oxygens (including phenoxy) is 2. The van der Waals surface area contributed by atoms with Crippen LogP contribution in [-0.2, 0) is 9.47 Å². The van der Waals surface area contributed by atoms with Gasteiger partial charge in [-0.1, -0.05) is 25.2 Å². The number of allylic oxidation sites excluding steroid dienone is 1. The molecule has 1 aliphatic heterocycles. The maximum atomic E-state index is 5.40. The maximum Gasteiger partial charge on any atom is 0.157 e. The lowest BCUT2D eigenvalue weighted by atomic mass is 10.5. The molecule has 76 valence electrons. The Morgan fingerprint density at radius 1 is 1.38 bits per heavy atom. The Morgan fingerprint density at radius 3 is 2.54 bits per heavy atom. The van der Waals surface area contributed by atoms with E-state index >= 15 is 0 Å². The van der Waals surface area contributed by atoms with Gasteiger partial charge in [-0.3, -0.25) is 0 Å². The van der Waals surface area contributed by atoms with Crippen molar-refractivity contribution in [3.8, 4) is 0 Å². The van der Waals surface area contributed by atoms with Gasteiger partial charge in [0.2, 0.25) is 0 Å². The molecule has 0 aliphatic carbocycles. The van der Waals surface area contributed by atoms with Crippen molar-refractivity contribution in [1.82, 2.24) is 0 Å². The third-order valence-electron chi connectivity index (χ3n) is 2.44. The summed E-state index contributed by atoms with van der Waals surface area (Å²) >= 11 is 0. The predicted molar refractivity (Wildman–Crippen MR) is 57.6 cm³/mol. The van der Waals surface area contributed by atoms with Crippen LogP contribution in [0.25, 0.3) is 0 Å². The van der Waals surface area contributed by atoms with Crippen molar-refractivity contribution in [3.05, 3.63) is 12.7 Å². The molecule has 1 fully saturated rings. The van der Waals surface area contributed by atoms with Gasteiger partial charge in [-0.15, -0.1) is 6.58 Å². The Morgan fingerprint density at radius 2 is 2.00 bits per heavy atom. The van der Waals surface area contributed by atoms with Gasteiger partial charge in [-0.05, 0) is 12.5 Å².